The maximum Gasteiger partial charge on any atom is 0.132 e. The molecule has 2 bridgehead atoms. The van der Waals surface area contributed by atoms with Crippen LogP contribution < -0.4 is 4.90 Å². The summed E-state index contributed by atoms with van der Waals surface area (Å²) in [5, 5.41) is 0. The minimum absolute atomic E-state index is 0.0416. The minimum Gasteiger partial charge on any atom is -0.326 e. The lowest BCUT2D eigenvalue weighted by Gasteiger charge is -2.36. The van der Waals surface area contributed by atoms with Gasteiger partial charge in [-0.05, 0) is 24.5 Å². The molecule has 2 aromatic carbocycles. The first-order valence-electron chi connectivity index (χ1n) is 8.86. The van der Waals surface area contributed by atoms with Crippen molar-refractivity contribution in [3.63, 3.8) is 0 Å². The third kappa shape index (κ3) is 2.92. The van der Waals surface area contributed by atoms with Crippen LogP contribution in [-0.4, -0.2) is 12.1 Å². The zero-order chi connectivity index (χ0) is 15.8. The molecule has 2 aliphatic heterocycles. The Labute approximate surface area is 138 Å². The summed E-state index contributed by atoms with van der Waals surface area (Å²) in [6.45, 7) is 3.00. The van der Waals surface area contributed by atoms with Gasteiger partial charge in [0.2, 0.25) is 0 Å². The number of benzene rings is 2. The van der Waals surface area contributed by atoms with E-state index in [1.165, 1.54) is 36.8 Å². The van der Waals surface area contributed by atoms with Crippen molar-refractivity contribution < 1.29 is 9.29 Å². The molecule has 23 heavy (non-hydrogen) atoms. The van der Waals surface area contributed by atoms with Crippen LogP contribution in [0.4, 0.5) is 4.39 Å². The van der Waals surface area contributed by atoms with Gasteiger partial charge in [-0.1, -0.05) is 48.0 Å². The Hall–Kier alpha value is -1.67. The summed E-state index contributed by atoms with van der Waals surface area (Å²) in [6.07, 6.45) is 5.11. The number of quaternary nitrogens is 1. The van der Waals surface area contributed by atoms with Crippen molar-refractivity contribution in [3.8, 4) is 0 Å². The molecular weight excluding hydrogens is 285 g/mol. The molecule has 2 fully saturated rings. The van der Waals surface area contributed by atoms with Gasteiger partial charge in [0.1, 0.15) is 12.4 Å². The molecular formula is C21H25FN+. The number of piperidine rings is 1. The van der Waals surface area contributed by atoms with E-state index < -0.39 is 0 Å². The van der Waals surface area contributed by atoms with Crippen LogP contribution >= 0.6 is 0 Å². The normalized spacial score (nSPS) is 29.7. The van der Waals surface area contributed by atoms with Crippen molar-refractivity contribution in [3.05, 3.63) is 71.0 Å². The fraction of sp³-hybridized carbons (Fsp3) is 0.429. The Balaban J connectivity index is 1.50. The van der Waals surface area contributed by atoms with E-state index in [4.69, 9.17) is 0 Å². The predicted molar refractivity (Wildman–Crippen MR) is 91.0 cm³/mol. The smallest absolute Gasteiger partial charge is 0.132 e. The standard InChI is InChI=1S/C21H24FN/c1-15-6-8-16(9-7-15)18-12-19-10-11-20(13-18)23(19)14-17-4-2-3-5-21(17)22/h2-9,18-20H,10-14H2,1H3/p+1/t18?,19-,20+. The minimum atomic E-state index is -0.0416. The van der Waals surface area contributed by atoms with Gasteiger partial charge in [-0.15, -0.1) is 0 Å². The van der Waals surface area contributed by atoms with Crippen LogP contribution in [0.15, 0.2) is 48.5 Å². The van der Waals surface area contributed by atoms with E-state index in [9.17, 15) is 4.39 Å². The molecule has 2 aromatic rings. The van der Waals surface area contributed by atoms with Gasteiger partial charge < -0.3 is 4.90 Å². The van der Waals surface area contributed by atoms with E-state index in [2.05, 4.69) is 31.2 Å². The van der Waals surface area contributed by atoms with Gasteiger partial charge in [0, 0.05) is 31.2 Å². The molecule has 4 atom stereocenters. The van der Waals surface area contributed by atoms with Crippen molar-refractivity contribution in [2.45, 2.75) is 57.2 Å². The number of rotatable bonds is 3. The van der Waals surface area contributed by atoms with Crippen molar-refractivity contribution in [1.29, 1.82) is 0 Å². The topological polar surface area (TPSA) is 4.44 Å². The number of hydrogen-bond donors (Lipinski definition) is 1. The van der Waals surface area contributed by atoms with Crippen LogP contribution in [0.3, 0.4) is 0 Å². The summed E-state index contributed by atoms with van der Waals surface area (Å²) in [6, 6.07) is 17.8. The summed E-state index contributed by atoms with van der Waals surface area (Å²) in [7, 11) is 0. The van der Waals surface area contributed by atoms with Crippen LogP contribution in [-0.2, 0) is 6.54 Å². The molecule has 0 aliphatic carbocycles. The summed E-state index contributed by atoms with van der Waals surface area (Å²) >= 11 is 0. The summed E-state index contributed by atoms with van der Waals surface area (Å²) in [5.74, 6) is 0.650. The van der Waals surface area contributed by atoms with Crippen LogP contribution in [0, 0.1) is 12.7 Å². The zero-order valence-corrected chi connectivity index (χ0v) is 13.8. The van der Waals surface area contributed by atoms with E-state index in [1.807, 2.05) is 12.1 Å². The highest BCUT2D eigenvalue weighted by Crippen LogP contribution is 2.35. The maximum atomic E-state index is 14.0. The molecule has 2 aliphatic rings. The van der Waals surface area contributed by atoms with Gasteiger partial charge in [0.15, 0.2) is 0 Å². The summed E-state index contributed by atoms with van der Waals surface area (Å²) in [5.41, 5.74) is 3.71. The number of hydrogen-bond acceptors (Lipinski definition) is 0. The number of halogens is 1. The van der Waals surface area contributed by atoms with Crippen molar-refractivity contribution in [2.24, 2.45) is 0 Å². The van der Waals surface area contributed by atoms with E-state index in [0.717, 1.165) is 12.1 Å². The fourth-order valence-electron chi connectivity index (χ4n) is 4.69. The molecule has 1 nitrogen and oxygen atoms in total. The quantitative estimate of drug-likeness (QED) is 0.883. The first-order valence-corrected chi connectivity index (χ1v) is 8.86. The first kappa shape index (κ1) is 14.9. The molecule has 2 heterocycles. The Kier molecular flexibility index (Phi) is 3.94. The lowest BCUT2D eigenvalue weighted by molar-refractivity contribution is -0.955. The second kappa shape index (κ2) is 6.09. The van der Waals surface area contributed by atoms with Crippen molar-refractivity contribution in [2.75, 3.05) is 0 Å². The number of aryl methyl sites for hydroxylation is 1. The predicted octanol–water partition coefficient (Wildman–Crippen LogP) is 3.63. The van der Waals surface area contributed by atoms with Crippen LogP contribution in [0.1, 0.15) is 48.3 Å². The Morgan fingerprint density at radius 1 is 0.957 bits per heavy atom. The van der Waals surface area contributed by atoms with Gasteiger partial charge in [-0.3, -0.25) is 0 Å². The fourth-order valence-corrected chi connectivity index (χ4v) is 4.69. The lowest BCUT2D eigenvalue weighted by atomic mass is 9.84. The Morgan fingerprint density at radius 3 is 2.26 bits per heavy atom. The highest BCUT2D eigenvalue weighted by molar-refractivity contribution is 5.25. The molecule has 0 radical (unpaired) electrons. The SMILES string of the molecule is Cc1ccc(C2C[C@H]3CC[C@@H](C2)[NH+]3Cc2ccccc2F)cc1. The largest absolute Gasteiger partial charge is 0.326 e. The van der Waals surface area contributed by atoms with Crippen molar-refractivity contribution in [1.82, 2.24) is 0 Å². The maximum absolute atomic E-state index is 14.0. The molecule has 0 saturated carbocycles. The van der Waals surface area contributed by atoms with Gasteiger partial charge in [-0.25, -0.2) is 4.39 Å². The zero-order valence-electron chi connectivity index (χ0n) is 13.8. The second-order valence-corrected chi connectivity index (χ2v) is 7.39. The van der Waals surface area contributed by atoms with E-state index in [1.54, 1.807) is 17.0 Å². The van der Waals surface area contributed by atoms with Gasteiger partial charge in [0.05, 0.1) is 12.1 Å². The van der Waals surface area contributed by atoms with E-state index in [-0.39, 0.29) is 5.82 Å². The summed E-state index contributed by atoms with van der Waals surface area (Å²) < 4.78 is 14.0. The molecule has 120 valence electrons. The van der Waals surface area contributed by atoms with Gasteiger partial charge in [-0.2, -0.15) is 0 Å². The average Bonchev–Trinajstić information content (AvgIpc) is 2.79. The van der Waals surface area contributed by atoms with Crippen molar-refractivity contribution >= 4 is 0 Å². The average molecular weight is 310 g/mol. The van der Waals surface area contributed by atoms with Gasteiger partial charge >= 0.3 is 0 Å². The molecule has 2 heteroatoms. The van der Waals surface area contributed by atoms with Crippen LogP contribution in [0.25, 0.3) is 0 Å². The Bertz CT molecular complexity index is 664. The second-order valence-electron chi connectivity index (χ2n) is 7.39. The third-order valence-electron chi connectivity index (χ3n) is 5.95. The monoisotopic (exact) mass is 310 g/mol. The molecule has 0 amide bonds. The van der Waals surface area contributed by atoms with E-state index >= 15 is 0 Å². The molecule has 2 saturated heterocycles. The first-order chi connectivity index (χ1) is 11.2. The van der Waals surface area contributed by atoms with Crippen LogP contribution in [0.2, 0.25) is 0 Å². The number of nitrogens with one attached hydrogen (secondary N) is 1. The molecule has 1 N–H and O–H groups in total. The Morgan fingerprint density at radius 2 is 1.61 bits per heavy atom. The third-order valence-corrected chi connectivity index (χ3v) is 5.95. The summed E-state index contributed by atoms with van der Waals surface area (Å²) in [4.78, 5) is 1.62. The van der Waals surface area contributed by atoms with Crippen LogP contribution in [0.5, 0.6) is 0 Å². The molecule has 4 rings (SSSR count). The highest BCUT2D eigenvalue weighted by atomic mass is 19.1. The molecule has 0 spiro atoms. The number of fused-ring (bicyclic) bond motifs is 2. The molecule has 2 unspecified atom stereocenters. The van der Waals surface area contributed by atoms with Gasteiger partial charge in [0.25, 0.3) is 0 Å². The molecule has 0 aromatic heterocycles. The van der Waals surface area contributed by atoms with E-state index in [0.29, 0.717) is 18.0 Å². The lowest BCUT2D eigenvalue weighted by Crippen LogP contribution is -3.16. The highest BCUT2D eigenvalue weighted by Gasteiger charge is 2.44.